The number of oxime groups is 1. The highest BCUT2D eigenvalue weighted by atomic mass is 32.2. The van der Waals surface area contributed by atoms with Crippen molar-refractivity contribution in [3.63, 3.8) is 0 Å². The number of rotatable bonds is 11. The molecule has 0 spiro atoms. The van der Waals surface area contributed by atoms with Crippen LogP contribution in [0.3, 0.4) is 0 Å². The molecule has 38 heavy (non-hydrogen) atoms. The molecule has 2 aromatic rings. The maximum Gasteiger partial charge on any atom is 0.352 e. The number of hydrogen-bond acceptors (Lipinski definition) is 13. The van der Waals surface area contributed by atoms with Gasteiger partial charge in [-0.15, -0.1) is 33.3 Å². The maximum atomic E-state index is 13.3. The third-order valence-electron chi connectivity index (χ3n) is 5.99. The van der Waals surface area contributed by atoms with Crippen molar-refractivity contribution in [2.45, 2.75) is 47.5 Å². The van der Waals surface area contributed by atoms with Gasteiger partial charge in [-0.1, -0.05) is 28.3 Å². The smallest absolute Gasteiger partial charge is 0.352 e. The predicted octanol–water partition coefficient (Wildman–Crippen LogP) is 1.76. The van der Waals surface area contributed by atoms with E-state index in [0.29, 0.717) is 27.8 Å². The number of amides is 3. The molecule has 1 saturated heterocycles. The molecule has 1 unspecified atom stereocenters. The highest BCUT2D eigenvalue weighted by Gasteiger charge is 2.54. The zero-order chi connectivity index (χ0) is 26.6. The van der Waals surface area contributed by atoms with Crippen molar-refractivity contribution < 1.29 is 29.1 Å². The summed E-state index contributed by atoms with van der Waals surface area (Å²) < 4.78 is 0.703. The summed E-state index contributed by atoms with van der Waals surface area (Å²) in [7, 11) is 0. The van der Waals surface area contributed by atoms with Crippen molar-refractivity contribution in [2.75, 3.05) is 16.8 Å². The van der Waals surface area contributed by atoms with Crippen LogP contribution < -0.4 is 10.6 Å². The number of aromatic nitrogens is 3. The fourth-order valence-corrected chi connectivity index (χ4v) is 7.83. The Kier molecular flexibility index (Phi) is 8.25. The van der Waals surface area contributed by atoms with E-state index in [0.717, 1.165) is 37.0 Å². The van der Waals surface area contributed by atoms with Crippen molar-refractivity contribution in [1.29, 1.82) is 0 Å². The van der Waals surface area contributed by atoms with Crippen molar-refractivity contribution in [3.05, 3.63) is 27.9 Å². The van der Waals surface area contributed by atoms with E-state index in [1.165, 1.54) is 39.8 Å². The lowest BCUT2D eigenvalue weighted by molar-refractivity contribution is -0.150. The molecule has 2 fully saturated rings. The number of carboxylic acids is 1. The number of nitrogens with one attached hydrogen (secondary N) is 2. The summed E-state index contributed by atoms with van der Waals surface area (Å²) in [6.45, 7) is 0. The second-order valence-electron chi connectivity index (χ2n) is 8.36. The molecule has 4 heterocycles. The molecule has 0 bridgehead atoms. The lowest BCUT2D eigenvalue weighted by Crippen LogP contribution is -2.71. The average Bonchev–Trinajstić information content (AvgIpc) is 3.69. The van der Waals surface area contributed by atoms with Gasteiger partial charge in [0.1, 0.15) is 34.4 Å². The number of aliphatic carboxylic acids is 1. The SMILES string of the molecule is O=CNc1nc(/C(=N/OC2CCCC2)C(=O)NC2C(=O)N3C(C(=O)O)=C(CSc4nncs4)CS[C@H]23)cs1. The first-order valence-corrected chi connectivity index (χ1v) is 15.3. The molecule has 2 aliphatic heterocycles. The van der Waals surface area contributed by atoms with E-state index < -0.39 is 29.2 Å². The van der Waals surface area contributed by atoms with E-state index in [1.54, 1.807) is 10.9 Å². The number of anilines is 1. The van der Waals surface area contributed by atoms with Crippen molar-refractivity contribution in [2.24, 2.45) is 5.16 Å². The molecule has 1 saturated carbocycles. The first kappa shape index (κ1) is 26.6. The molecule has 0 aromatic carbocycles. The molecule has 0 radical (unpaired) electrons. The van der Waals surface area contributed by atoms with Gasteiger partial charge >= 0.3 is 5.97 Å². The van der Waals surface area contributed by atoms with Crippen LogP contribution in [-0.4, -0.2) is 84.1 Å². The summed E-state index contributed by atoms with van der Waals surface area (Å²) >= 11 is 5.20. The van der Waals surface area contributed by atoms with Gasteiger partial charge in [0.2, 0.25) is 6.41 Å². The fraction of sp³-hybridized carbons (Fsp3) is 0.429. The van der Waals surface area contributed by atoms with E-state index in [4.69, 9.17) is 4.84 Å². The Morgan fingerprint density at radius 1 is 1.32 bits per heavy atom. The van der Waals surface area contributed by atoms with Crippen molar-refractivity contribution >= 4 is 81.2 Å². The first-order chi connectivity index (χ1) is 18.5. The van der Waals surface area contributed by atoms with Gasteiger partial charge in [-0.25, -0.2) is 9.78 Å². The molecule has 200 valence electrons. The molecule has 17 heteroatoms. The molecule has 5 rings (SSSR count). The standard InChI is InChI=1S/C21H21N7O6S4/c29-8-22-20-24-12(7-36-20)13(27-34-11-3-1-2-4-11)16(30)25-14-17(31)28-15(19(32)33)10(5-35-18(14)28)6-37-21-26-23-9-38-21/h7-9,11,14,18H,1-6H2,(H,25,30)(H,32,33)(H,22,24,29)/b27-13-/t14?,18-/m1/s1. The van der Waals surface area contributed by atoms with Gasteiger partial charge in [-0.05, 0) is 31.3 Å². The molecule has 2 atom stereocenters. The number of carbonyl (C=O) groups excluding carboxylic acids is 3. The lowest BCUT2D eigenvalue weighted by Gasteiger charge is -2.49. The van der Waals surface area contributed by atoms with Crippen LogP contribution in [0.15, 0.2) is 31.7 Å². The third-order valence-corrected chi connectivity index (χ3v) is 10.0. The minimum absolute atomic E-state index is 0.0659. The minimum Gasteiger partial charge on any atom is -0.477 e. The van der Waals surface area contributed by atoms with E-state index >= 15 is 0 Å². The first-order valence-electron chi connectivity index (χ1n) is 11.5. The third kappa shape index (κ3) is 5.55. The van der Waals surface area contributed by atoms with Crippen LogP contribution in [0.5, 0.6) is 0 Å². The monoisotopic (exact) mass is 595 g/mol. The quantitative estimate of drug-likeness (QED) is 0.113. The molecule has 13 nitrogen and oxygen atoms in total. The van der Waals surface area contributed by atoms with Gasteiger partial charge in [0.05, 0.1) is 0 Å². The Bertz CT molecular complexity index is 1290. The van der Waals surface area contributed by atoms with Crippen molar-refractivity contribution in [3.8, 4) is 0 Å². The van der Waals surface area contributed by atoms with Crippen LogP contribution >= 0.6 is 46.2 Å². The summed E-state index contributed by atoms with van der Waals surface area (Å²) in [4.78, 5) is 60.3. The highest BCUT2D eigenvalue weighted by Crippen LogP contribution is 2.41. The second kappa shape index (κ2) is 11.8. The van der Waals surface area contributed by atoms with Gasteiger partial charge in [0.25, 0.3) is 11.8 Å². The number of carboxylic acid groups (broad SMARTS) is 1. The Hall–Kier alpha value is -3.02. The topological polar surface area (TPSA) is 176 Å². The average molecular weight is 596 g/mol. The van der Waals surface area contributed by atoms with Crippen LogP contribution in [0.25, 0.3) is 0 Å². The normalized spacial score (nSPS) is 21.6. The number of β-lactam (4-membered cyclic amide) rings is 1. The Labute approximate surface area is 232 Å². The van der Waals surface area contributed by atoms with Crippen LogP contribution in [-0.2, 0) is 24.0 Å². The molecule has 2 aromatic heterocycles. The summed E-state index contributed by atoms with van der Waals surface area (Å²) in [6, 6.07) is -0.942. The zero-order valence-corrected chi connectivity index (χ0v) is 22.8. The summed E-state index contributed by atoms with van der Waals surface area (Å²) in [5.74, 6) is -1.67. The van der Waals surface area contributed by atoms with Gasteiger partial charge in [-0.2, -0.15) is 0 Å². The van der Waals surface area contributed by atoms with Gasteiger partial charge in [0, 0.05) is 16.9 Å². The van der Waals surface area contributed by atoms with Crippen molar-refractivity contribution in [1.82, 2.24) is 25.4 Å². The number of thioether (sulfide) groups is 2. The Balaban J connectivity index is 1.31. The summed E-state index contributed by atoms with van der Waals surface area (Å²) in [6.07, 6.45) is 4.04. The summed E-state index contributed by atoms with van der Waals surface area (Å²) in [5, 5.41) is 28.1. The highest BCUT2D eigenvalue weighted by molar-refractivity contribution is 8.01. The second-order valence-corrected chi connectivity index (χ2v) is 12.4. The van der Waals surface area contributed by atoms with E-state index in [1.807, 2.05) is 0 Å². The molecular formula is C21H21N7O6S4. The van der Waals surface area contributed by atoms with Crippen LogP contribution in [0.4, 0.5) is 5.13 Å². The minimum atomic E-state index is -1.20. The number of carbonyl (C=O) groups is 4. The van der Waals surface area contributed by atoms with Crippen LogP contribution in [0, 0.1) is 0 Å². The van der Waals surface area contributed by atoms with E-state index in [-0.39, 0.29) is 28.3 Å². The predicted molar refractivity (Wildman–Crippen MR) is 142 cm³/mol. The molecule has 1 aliphatic carbocycles. The fourth-order valence-electron chi connectivity index (χ4n) is 4.20. The maximum absolute atomic E-state index is 13.3. The largest absolute Gasteiger partial charge is 0.477 e. The van der Waals surface area contributed by atoms with Gasteiger partial charge < -0.3 is 20.6 Å². The number of nitrogens with zero attached hydrogens (tertiary/aromatic N) is 5. The number of thiazole rings is 1. The molecule has 3 aliphatic rings. The number of fused-ring (bicyclic) bond motifs is 1. The zero-order valence-electron chi connectivity index (χ0n) is 19.6. The molecule has 3 amide bonds. The lowest BCUT2D eigenvalue weighted by atomic mass is 10.0. The van der Waals surface area contributed by atoms with E-state index in [9.17, 15) is 24.3 Å². The molecular weight excluding hydrogens is 575 g/mol. The van der Waals surface area contributed by atoms with Crippen LogP contribution in [0.2, 0.25) is 0 Å². The van der Waals surface area contributed by atoms with Gasteiger partial charge in [-0.3, -0.25) is 19.3 Å². The Morgan fingerprint density at radius 2 is 2.13 bits per heavy atom. The van der Waals surface area contributed by atoms with E-state index in [2.05, 4.69) is 31.0 Å². The number of hydrogen-bond donors (Lipinski definition) is 3. The molecule has 3 N–H and O–H groups in total. The Morgan fingerprint density at radius 3 is 2.84 bits per heavy atom. The van der Waals surface area contributed by atoms with Gasteiger partial charge in [0.15, 0.2) is 15.2 Å². The summed E-state index contributed by atoms with van der Waals surface area (Å²) in [5.41, 5.74) is 2.19. The van der Waals surface area contributed by atoms with Crippen LogP contribution in [0.1, 0.15) is 31.4 Å².